The van der Waals surface area contributed by atoms with Crippen molar-refractivity contribution in [2.75, 3.05) is 0 Å². The van der Waals surface area contributed by atoms with Crippen LogP contribution < -0.4 is 0 Å². The van der Waals surface area contributed by atoms with Crippen LogP contribution >= 0.6 is 0 Å². The number of rotatable bonds is 10. The van der Waals surface area contributed by atoms with Crippen LogP contribution in [0.25, 0.3) is 0 Å². The molecule has 0 aromatic carbocycles. The van der Waals surface area contributed by atoms with Gasteiger partial charge in [-0.3, -0.25) is 0 Å². The molecule has 0 aliphatic heterocycles. The molecule has 2 heteroatoms. The van der Waals surface area contributed by atoms with Gasteiger partial charge in [0, 0.05) is 0 Å². The molecule has 0 amide bonds. The van der Waals surface area contributed by atoms with Gasteiger partial charge in [0.2, 0.25) is 0 Å². The summed E-state index contributed by atoms with van der Waals surface area (Å²) in [6, 6.07) is 0. The molecule has 1 saturated carbocycles. The van der Waals surface area contributed by atoms with Crippen LogP contribution in [0, 0.1) is 47.3 Å². The lowest BCUT2D eigenvalue weighted by molar-refractivity contribution is -0.0135. The summed E-state index contributed by atoms with van der Waals surface area (Å²) in [6.07, 6.45) is 4.25. The second-order valence-corrected chi connectivity index (χ2v) is 10.4. The summed E-state index contributed by atoms with van der Waals surface area (Å²) in [5.74, 6) is 3.46. The van der Waals surface area contributed by atoms with Crippen molar-refractivity contribution in [2.45, 2.75) is 106 Å². The molecule has 0 nitrogen and oxygen atoms in total. The van der Waals surface area contributed by atoms with E-state index in [9.17, 15) is 8.78 Å². The summed E-state index contributed by atoms with van der Waals surface area (Å²) in [7, 11) is 0. The fourth-order valence-corrected chi connectivity index (χ4v) is 4.75. The van der Waals surface area contributed by atoms with Gasteiger partial charge in [-0.15, -0.1) is 0 Å². The summed E-state index contributed by atoms with van der Waals surface area (Å²) in [6.45, 7) is 17.9. The van der Waals surface area contributed by atoms with E-state index in [1.165, 1.54) is 25.7 Å². The number of alkyl halides is 2. The van der Waals surface area contributed by atoms with E-state index < -0.39 is 12.3 Å². The Hall–Kier alpha value is -0.140. The minimum atomic E-state index is -1.27. The zero-order chi connectivity index (χ0) is 20.0. The van der Waals surface area contributed by atoms with Crippen LogP contribution in [0.4, 0.5) is 8.78 Å². The van der Waals surface area contributed by atoms with Gasteiger partial charge in [-0.2, -0.15) is 0 Å². The Labute approximate surface area is 162 Å². The van der Waals surface area contributed by atoms with Gasteiger partial charge in [-0.25, -0.2) is 8.78 Å². The molecule has 1 rings (SSSR count). The maximum absolute atomic E-state index is 14.6. The van der Waals surface area contributed by atoms with Crippen molar-refractivity contribution < 1.29 is 8.78 Å². The Bertz CT molecular complexity index is 380. The number of hydrogen-bond donors (Lipinski definition) is 0. The number of halogens is 2. The molecular formula is C24H46F2. The van der Waals surface area contributed by atoms with Crippen molar-refractivity contribution in [1.29, 1.82) is 0 Å². The first kappa shape index (κ1) is 23.9. The molecule has 0 saturated heterocycles. The molecule has 0 spiro atoms. The lowest BCUT2D eigenvalue weighted by Crippen LogP contribution is -2.42. The second kappa shape index (κ2) is 11.0. The third-order valence-electron chi connectivity index (χ3n) is 7.59. The Balaban J connectivity index is 2.43. The molecule has 9 atom stereocenters. The molecule has 0 aromatic rings. The molecule has 1 fully saturated rings. The quantitative estimate of drug-likeness (QED) is 0.363. The molecular weight excluding hydrogens is 326 g/mol. The first-order valence-corrected chi connectivity index (χ1v) is 11.3. The molecule has 0 radical (unpaired) electrons. The molecule has 1 aliphatic carbocycles. The highest BCUT2D eigenvalue weighted by atomic mass is 19.2. The predicted octanol–water partition coefficient (Wildman–Crippen LogP) is 8.11. The van der Waals surface area contributed by atoms with Gasteiger partial charge in [0.1, 0.15) is 12.3 Å². The van der Waals surface area contributed by atoms with Crippen molar-refractivity contribution in [3.05, 3.63) is 0 Å². The Morgan fingerprint density at radius 1 is 0.654 bits per heavy atom. The van der Waals surface area contributed by atoms with Gasteiger partial charge in [0.05, 0.1) is 0 Å². The monoisotopic (exact) mass is 372 g/mol. The van der Waals surface area contributed by atoms with Gasteiger partial charge in [0.15, 0.2) is 0 Å². The zero-order valence-corrected chi connectivity index (χ0v) is 18.8. The van der Waals surface area contributed by atoms with E-state index in [0.717, 1.165) is 30.6 Å². The Morgan fingerprint density at radius 3 is 1.62 bits per heavy atom. The molecule has 156 valence electrons. The van der Waals surface area contributed by atoms with Crippen LogP contribution in [0.1, 0.15) is 93.9 Å². The van der Waals surface area contributed by atoms with Crippen LogP contribution in [-0.4, -0.2) is 12.3 Å². The van der Waals surface area contributed by atoms with E-state index in [2.05, 4.69) is 48.5 Å². The topological polar surface area (TPSA) is 0 Å². The maximum atomic E-state index is 14.6. The van der Waals surface area contributed by atoms with Gasteiger partial charge < -0.3 is 0 Å². The van der Waals surface area contributed by atoms with Crippen LogP contribution in [0.5, 0.6) is 0 Å². The average molecular weight is 373 g/mol. The van der Waals surface area contributed by atoms with E-state index in [1.54, 1.807) is 0 Å². The highest BCUT2D eigenvalue weighted by Gasteiger charge is 2.42. The minimum Gasteiger partial charge on any atom is -0.244 e. The lowest BCUT2D eigenvalue weighted by atomic mass is 9.68. The molecule has 0 aromatic heterocycles. The van der Waals surface area contributed by atoms with Gasteiger partial charge in [-0.05, 0) is 60.2 Å². The fourth-order valence-electron chi connectivity index (χ4n) is 4.75. The molecule has 26 heavy (non-hydrogen) atoms. The zero-order valence-electron chi connectivity index (χ0n) is 18.8. The van der Waals surface area contributed by atoms with Crippen molar-refractivity contribution in [3.63, 3.8) is 0 Å². The Kier molecular flexibility index (Phi) is 10.1. The van der Waals surface area contributed by atoms with E-state index in [0.29, 0.717) is 17.8 Å². The SMILES string of the molecule is CC(C)CCC(C)C(C)CCC(C)C(C)CC1C(C)CC(C)C(F)C1F. The van der Waals surface area contributed by atoms with Crippen LogP contribution in [0.15, 0.2) is 0 Å². The van der Waals surface area contributed by atoms with E-state index in [1.807, 2.05) is 6.92 Å². The van der Waals surface area contributed by atoms with Crippen molar-refractivity contribution in [1.82, 2.24) is 0 Å². The van der Waals surface area contributed by atoms with Crippen LogP contribution in [-0.2, 0) is 0 Å². The largest absolute Gasteiger partial charge is 0.244 e. The van der Waals surface area contributed by atoms with Gasteiger partial charge >= 0.3 is 0 Å². The summed E-state index contributed by atoms with van der Waals surface area (Å²) >= 11 is 0. The molecule has 0 bridgehead atoms. The van der Waals surface area contributed by atoms with E-state index >= 15 is 0 Å². The first-order valence-electron chi connectivity index (χ1n) is 11.3. The lowest BCUT2D eigenvalue weighted by Gasteiger charge is -2.40. The number of hydrogen-bond acceptors (Lipinski definition) is 0. The molecule has 0 N–H and O–H groups in total. The van der Waals surface area contributed by atoms with E-state index in [4.69, 9.17) is 0 Å². The average Bonchev–Trinajstić information content (AvgIpc) is 2.58. The highest BCUT2D eigenvalue weighted by Crippen LogP contribution is 2.42. The standard InChI is InChI=1S/C24H46F2/c1-15(2)9-10-16(3)17(4)11-12-18(5)19(6)14-22-20(7)13-21(8)23(25)24(22)26/h15-24H,9-14H2,1-8H3. The fraction of sp³-hybridized carbons (Fsp3) is 1.00. The third-order valence-corrected chi connectivity index (χ3v) is 7.59. The van der Waals surface area contributed by atoms with Gasteiger partial charge in [-0.1, -0.05) is 81.1 Å². The third kappa shape index (κ3) is 7.12. The van der Waals surface area contributed by atoms with Crippen molar-refractivity contribution >= 4 is 0 Å². The predicted molar refractivity (Wildman–Crippen MR) is 111 cm³/mol. The molecule has 1 aliphatic rings. The van der Waals surface area contributed by atoms with Crippen molar-refractivity contribution in [2.24, 2.45) is 47.3 Å². The minimum absolute atomic E-state index is 0.0963. The van der Waals surface area contributed by atoms with E-state index in [-0.39, 0.29) is 11.8 Å². The molecule has 9 unspecified atom stereocenters. The normalized spacial score (nSPS) is 34.5. The Morgan fingerprint density at radius 2 is 1.12 bits per heavy atom. The summed E-state index contributed by atoms with van der Waals surface area (Å²) < 4.78 is 28.7. The summed E-state index contributed by atoms with van der Waals surface area (Å²) in [4.78, 5) is 0. The summed E-state index contributed by atoms with van der Waals surface area (Å²) in [5, 5.41) is 0. The summed E-state index contributed by atoms with van der Waals surface area (Å²) in [5.41, 5.74) is 0. The van der Waals surface area contributed by atoms with Crippen molar-refractivity contribution in [3.8, 4) is 0 Å². The smallest absolute Gasteiger partial charge is 0.134 e. The highest BCUT2D eigenvalue weighted by molar-refractivity contribution is 4.90. The van der Waals surface area contributed by atoms with Gasteiger partial charge in [0.25, 0.3) is 0 Å². The second-order valence-electron chi connectivity index (χ2n) is 10.4. The van der Waals surface area contributed by atoms with Crippen LogP contribution in [0.3, 0.4) is 0 Å². The molecule has 0 heterocycles. The van der Waals surface area contributed by atoms with Crippen LogP contribution in [0.2, 0.25) is 0 Å². The first-order chi connectivity index (χ1) is 12.0. The maximum Gasteiger partial charge on any atom is 0.134 e.